The van der Waals surface area contributed by atoms with Crippen molar-refractivity contribution < 1.29 is 25.0 Å². The molecule has 0 saturated carbocycles. The van der Waals surface area contributed by atoms with Gasteiger partial charge in [0.15, 0.2) is 0 Å². The van der Waals surface area contributed by atoms with E-state index < -0.39 is 29.2 Å². The minimum Gasteiger partial charge on any atom is -0.465 e. The Balaban J connectivity index is 1.44. The van der Waals surface area contributed by atoms with E-state index in [4.69, 9.17) is 11.6 Å². The van der Waals surface area contributed by atoms with Gasteiger partial charge >= 0.3 is 6.09 Å². The fraction of sp³-hybridized carbons (Fsp3) is 0.409. The molecule has 1 aliphatic rings. The molecule has 34 heavy (non-hydrogen) atoms. The highest BCUT2D eigenvalue weighted by molar-refractivity contribution is 6.33. The zero-order valence-corrected chi connectivity index (χ0v) is 19.0. The molecule has 1 heterocycles. The zero-order chi connectivity index (χ0) is 24.7. The summed E-state index contributed by atoms with van der Waals surface area (Å²) in [4.78, 5) is 22.8. The summed E-state index contributed by atoms with van der Waals surface area (Å²) < 4.78 is 0. The molecule has 2 aromatic carbocycles. The van der Waals surface area contributed by atoms with Crippen LogP contribution in [0, 0.1) is 10.1 Å². The lowest BCUT2D eigenvalue weighted by Gasteiger charge is -2.27. The Hall–Kier alpha value is -3.12. The van der Waals surface area contributed by atoms with Crippen molar-refractivity contribution in [1.29, 1.82) is 0 Å². The summed E-state index contributed by atoms with van der Waals surface area (Å²) in [7, 11) is 0. The van der Waals surface area contributed by atoms with E-state index in [2.05, 4.69) is 15.5 Å². The number of nitrogens with one attached hydrogen (secondary N) is 1. The van der Waals surface area contributed by atoms with Crippen LogP contribution in [0.4, 0.5) is 21.9 Å². The van der Waals surface area contributed by atoms with E-state index in [0.29, 0.717) is 30.9 Å². The van der Waals surface area contributed by atoms with Crippen molar-refractivity contribution in [2.45, 2.75) is 37.5 Å². The van der Waals surface area contributed by atoms with Crippen LogP contribution in [0.1, 0.15) is 18.4 Å². The number of nitro benzene ring substituents is 1. The van der Waals surface area contributed by atoms with E-state index in [1.807, 2.05) is 12.1 Å². The van der Waals surface area contributed by atoms with Gasteiger partial charge in [-0.3, -0.25) is 15.0 Å². The molecule has 182 valence electrons. The molecule has 2 aromatic rings. The highest BCUT2D eigenvalue weighted by atomic mass is 35.5. The van der Waals surface area contributed by atoms with E-state index in [9.17, 15) is 30.2 Å². The second kappa shape index (κ2) is 11.8. The Labute approximate surface area is 200 Å². The van der Waals surface area contributed by atoms with Crippen molar-refractivity contribution in [3.8, 4) is 0 Å². The van der Waals surface area contributed by atoms with Crippen molar-refractivity contribution in [3.05, 3.63) is 63.2 Å². The number of amides is 1. The number of hydrogen-bond donors (Lipinski definition) is 4. The van der Waals surface area contributed by atoms with E-state index in [-0.39, 0.29) is 23.7 Å². The minimum absolute atomic E-state index is 0.116. The molecule has 3 atom stereocenters. The standard InChI is InChI=1S/C22H26ClN5O6/c23-18-11-16(28(33)34)5-6-19(18)26-25-15-3-1-14(2-4-15)7-9-24-10-8-20-21(30)12-17(13-29)27(20)22(31)32/h1-6,11,17,20-21,24,29-30H,7-10,12-13H2,(H,31,32)/t17-,20?,21+/m0/s1. The predicted molar refractivity (Wildman–Crippen MR) is 125 cm³/mol. The van der Waals surface area contributed by atoms with Gasteiger partial charge in [-0.2, -0.15) is 5.11 Å². The quantitative estimate of drug-likeness (QED) is 0.170. The maximum absolute atomic E-state index is 11.4. The second-order valence-electron chi connectivity index (χ2n) is 7.94. The van der Waals surface area contributed by atoms with Gasteiger partial charge < -0.3 is 20.6 Å². The minimum atomic E-state index is -1.13. The Morgan fingerprint density at radius 3 is 2.56 bits per heavy atom. The Kier molecular flexibility index (Phi) is 8.88. The van der Waals surface area contributed by atoms with Crippen LogP contribution in [0.3, 0.4) is 0 Å². The molecule has 0 radical (unpaired) electrons. The first-order chi connectivity index (χ1) is 16.3. The summed E-state index contributed by atoms with van der Waals surface area (Å²) in [6, 6.07) is 10.3. The molecule has 0 bridgehead atoms. The SMILES string of the molecule is O=C(O)N1C(CCNCCc2ccc(N=Nc3ccc([N+](=O)[O-])cc3Cl)cc2)[C@H](O)C[C@H]1CO. The van der Waals surface area contributed by atoms with Gasteiger partial charge in [0.1, 0.15) is 5.69 Å². The number of carbonyl (C=O) groups is 1. The van der Waals surface area contributed by atoms with Crippen LogP contribution in [0.5, 0.6) is 0 Å². The zero-order valence-electron chi connectivity index (χ0n) is 18.2. The molecular weight excluding hydrogens is 466 g/mol. The molecular formula is C22H26ClN5O6. The third-order valence-electron chi connectivity index (χ3n) is 5.70. The average Bonchev–Trinajstić information content (AvgIpc) is 3.14. The van der Waals surface area contributed by atoms with Crippen LogP contribution in [-0.2, 0) is 6.42 Å². The Morgan fingerprint density at radius 1 is 1.21 bits per heavy atom. The lowest BCUT2D eigenvalue weighted by molar-refractivity contribution is -0.384. The summed E-state index contributed by atoms with van der Waals surface area (Å²) in [5.74, 6) is 0. The van der Waals surface area contributed by atoms with Crippen LogP contribution in [0.15, 0.2) is 52.7 Å². The summed E-state index contributed by atoms with van der Waals surface area (Å²) in [5.41, 5.74) is 1.89. The number of rotatable bonds is 10. The van der Waals surface area contributed by atoms with Gasteiger partial charge in [-0.25, -0.2) is 4.79 Å². The number of non-ortho nitro benzene ring substituents is 1. The van der Waals surface area contributed by atoms with E-state index >= 15 is 0 Å². The largest absolute Gasteiger partial charge is 0.465 e. The number of nitrogens with zero attached hydrogens (tertiary/aromatic N) is 4. The van der Waals surface area contributed by atoms with Gasteiger partial charge in [0.2, 0.25) is 0 Å². The molecule has 0 aliphatic carbocycles. The third-order valence-corrected chi connectivity index (χ3v) is 6.00. The molecule has 0 aromatic heterocycles. The summed E-state index contributed by atoms with van der Waals surface area (Å²) >= 11 is 6.01. The highest BCUT2D eigenvalue weighted by Crippen LogP contribution is 2.30. The number of nitro groups is 1. The van der Waals surface area contributed by atoms with Gasteiger partial charge in [-0.15, -0.1) is 5.11 Å². The van der Waals surface area contributed by atoms with Gasteiger partial charge in [-0.05, 0) is 56.1 Å². The van der Waals surface area contributed by atoms with Gasteiger partial charge in [0, 0.05) is 12.1 Å². The summed E-state index contributed by atoms with van der Waals surface area (Å²) in [6.07, 6.45) is -0.477. The van der Waals surface area contributed by atoms with E-state index in [0.717, 1.165) is 16.9 Å². The van der Waals surface area contributed by atoms with Crippen LogP contribution in [-0.4, -0.2) is 69.1 Å². The van der Waals surface area contributed by atoms with Crippen molar-refractivity contribution in [2.75, 3.05) is 19.7 Å². The van der Waals surface area contributed by atoms with Gasteiger partial charge in [0.25, 0.3) is 5.69 Å². The molecule has 3 rings (SSSR count). The maximum Gasteiger partial charge on any atom is 0.407 e. The fourth-order valence-electron chi connectivity index (χ4n) is 3.94. The molecule has 1 amide bonds. The first kappa shape index (κ1) is 25.5. The van der Waals surface area contributed by atoms with Crippen LogP contribution < -0.4 is 5.32 Å². The summed E-state index contributed by atoms with van der Waals surface area (Å²) in [6.45, 7) is 0.897. The second-order valence-corrected chi connectivity index (χ2v) is 8.35. The van der Waals surface area contributed by atoms with Crippen LogP contribution in [0.2, 0.25) is 5.02 Å². The van der Waals surface area contributed by atoms with E-state index in [1.165, 1.54) is 18.2 Å². The van der Waals surface area contributed by atoms with E-state index in [1.54, 1.807) is 12.1 Å². The molecule has 11 nitrogen and oxygen atoms in total. The van der Waals surface area contributed by atoms with Crippen molar-refractivity contribution in [2.24, 2.45) is 10.2 Å². The molecule has 4 N–H and O–H groups in total. The van der Waals surface area contributed by atoms with Crippen LogP contribution in [0.25, 0.3) is 0 Å². The smallest absolute Gasteiger partial charge is 0.407 e. The van der Waals surface area contributed by atoms with Crippen molar-refractivity contribution >= 4 is 34.8 Å². The average molecular weight is 492 g/mol. The number of aliphatic hydroxyl groups excluding tert-OH is 2. The fourth-order valence-corrected chi connectivity index (χ4v) is 4.15. The lowest BCUT2D eigenvalue weighted by Crippen LogP contribution is -2.45. The molecule has 0 spiro atoms. The van der Waals surface area contributed by atoms with Crippen molar-refractivity contribution in [3.63, 3.8) is 0 Å². The Morgan fingerprint density at radius 2 is 1.94 bits per heavy atom. The third kappa shape index (κ3) is 6.48. The number of benzene rings is 2. The maximum atomic E-state index is 11.4. The van der Waals surface area contributed by atoms with Crippen LogP contribution >= 0.6 is 11.6 Å². The monoisotopic (exact) mass is 491 g/mol. The predicted octanol–water partition coefficient (Wildman–Crippen LogP) is 3.66. The number of hydrogen-bond acceptors (Lipinski definition) is 8. The lowest BCUT2D eigenvalue weighted by atomic mass is 10.1. The normalized spacial score (nSPS) is 20.2. The number of azo groups is 1. The number of carboxylic acid groups (broad SMARTS) is 1. The first-order valence-corrected chi connectivity index (χ1v) is 11.1. The molecule has 1 fully saturated rings. The molecule has 1 saturated heterocycles. The first-order valence-electron chi connectivity index (χ1n) is 10.8. The molecule has 1 aliphatic heterocycles. The highest BCUT2D eigenvalue weighted by Gasteiger charge is 2.42. The van der Waals surface area contributed by atoms with Crippen molar-refractivity contribution in [1.82, 2.24) is 10.2 Å². The number of halogens is 1. The molecule has 12 heteroatoms. The van der Waals surface area contributed by atoms with Gasteiger partial charge in [0.05, 0.1) is 40.4 Å². The topological polar surface area (TPSA) is 161 Å². The van der Waals surface area contributed by atoms with Gasteiger partial charge in [-0.1, -0.05) is 23.7 Å². The number of likely N-dealkylation sites (tertiary alicyclic amines) is 1. The summed E-state index contributed by atoms with van der Waals surface area (Å²) in [5, 5.41) is 51.2. The number of aliphatic hydroxyl groups is 2. The Bertz CT molecular complexity index is 1030. The molecule has 1 unspecified atom stereocenters.